The normalized spacial score (nSPS) is 11.4. The Hall–Kier alpha value is -2.45. The monoisotopic (exact) mass is 393 g/mol. The number of urea groups is 1. The number of sulfone groups is 1. The highest BCUT2D eigenvalue weighted by atomic mass is 32.2. The molecule has 6 nitrogen and oxygen atoms in total. The highest BCUT2D eigenvalue weighted by molar-refractivity contribution is 7.90. The van der Waals surface area contributed by atoms with Gasteiger partial charge in [-0.25, -0.2) is 17.6 Å². The maximum atomic E-state index is 13.1. The zero-order valence-corrected chi connectivity index (χ0v) is 16.5. The quantitative estimate of drug-likeness (QED) is 0.785. The number of nitrogens with one attached hydrogen (secondary N) is 1. The molecule has 0 bridgehead atoms. The van der Waals surface area contributed by atoms with E-state index in [9.17, 15) is 17.6 Å². The number of hydrogen-bond donors (Lipinski definition) is 1. The maximum absolute atomic E-state index is 13.1. The number of carbonyl (C=O) groups excluding carboxylic acids is 1. The molecule has 2 aromatic rings. The molecule has 0 heterocycles. The lowest BCUT2D eigenvalue weighted by Gasteiger charge is -2.25. The molecule has 0 spiro atoms. The van der Waals surface area contributed by atoms with Crippen LogP contribution in [0.2, 0.25) is 0 Å². The van der Waals surface area contributed by atoms with Crippen LogP contribution in [0.15, 0.2) is 53.4 Å². The molecule has 0 aliphatic rings. The number of halogens is 1. The van der Waals surface area contributed by atoms with Gasteiger partial charge in [0.25, 0.3) is 0 Å². The summed E-state index contributed by atoms with van der Waals surface area (Å²) in [5.74, 6) is -0.333. The SMILES string of the molecule is CN(C)CCN(Cc1ccc(F)cc1)C(=O)Nc1cccc(S(C)(=O)=O)c1. The van der Waals surface area contributed by atoms with Crippen LogP contribution in [-0.2, 0) is 16.4 Å². The van der Waals surface area contributed by atoms with Gasteiger partial charge >= 0.3 is 6.03 Å². The summed E-state index contributed by atoms with van der Waals surface area (Å²) in [5, 5.41) is 2.74. The molecule has 27 heavy (non-hydrogen) atoms. The van der Waals surface area contributed by atoms with Crippen molar-refractivity contribution in [3.8, 4) is 0 Å². The summed E-state index contributed by atoms with van der Waals surface area (Å²) in [6.07, 6.45) is 1.12. The molecular weight excluding hydrogens is 369 g/mol. The smallest absolute Gasteiger partial charge is 0.319 e. The number of carbonyl (C=O) groups is 1. The highest BCUT2D eigenvalue weighted by Gasteiger charge is 2.16. The first-order chi connectivity index (χ1) is 12.6. The Bertz CT molecular complexity index is 883. The van der Waals surface area contributed by atoms with Crippen molar-refractivity contribution in [1.82, 2.24) is 9.80 Å². The van der Waals surface area contributed by atoms with E-state index in [-0.39, 0.29) is 16.7 Å². The Balaban J connectivity index is 2.16. The van der Waals surface area contributed by atoms with Gasteiger partial charge in [-0.05, 0) is 50.0 Å². The molecule has 2 rings (SSSR count). The van der Waals surface area contributed by atoms with Crippen molar-refractivity contribution < 1.29 is 17.6 Å². The first-order valence-electron chi connectivity index (χ1n) is 8.40. The minimum Gasteiger partial charge on any atom is -0.319 e. The van der Waals surface area contributed by atoms with Gasteiger partial charge in [0, 0.05) is 31.6 Å². The fourth-order valence-corrected chi connectivity index (χ4v) is 3.06. The van der Waals surface area contributed by atoms with Crippen molar-refractivity contribution in [2.24, 2.45) is 0 Å². The van der Waals surface area contributed by atoms with Crippen LogP contribution in [0.1, 0.15) is 5.56 Å². The summed E-state index contributed by atoms with van der Waals surface area (Å²) in [7, 11) is 0.450. The summed E-state index contributed by atoms with van der Waals surface area (Å²) in [5.41, 5.74) is 1.20. The minimum atomic E-state index is -3.36. The third-order valence-electron chi connectivity index (χ3n) is 3.90. The Morgan fingerprint density at radius 2 is 1.74 bits per heavy atom. The van der Waals surface area contributed by atoms with Crippen LogP contribution < -0.4 is 5.32 Å². The summed E-state index contributed by atoms with van der Waals surface area (Å²) >= 11 is 0. The first kappa shape index (κ1) is 20.9. The molecule has 2 aromatic carbocycles. The molecule has 0 unspecified atom stereocenters. The van der Waals surface area contributed by atoms with Gasteiger partial charge in [-0.3, -0.25) is 0 Å². The van der Waals surface area contributed by atoms with E-state index in [0.717, 1.165) is 11.8 Å². The number of benzene rings is 2. The van der Waals surface area contributed by atoms with Gasteiger partial charge in [-0.1, -0.05) is 18.2 Å². The lowest BCUT2D eigenvalue weighted by molar-refractivity contribution is 0.202. The number of likely N-dealkylation sites (N-methyl/N-ethyl adjacent to an activating group) is 1. The standard InChI is InChI=1S/C19H24FN3O3S/c1-22(2)11-12-23(14-15-7-9-16(20)10-8-15)19(24)21-17-5-4-6-18(13-17)27(3,25)26/h4-10,13H,11-12,14H2,1-3H3,(H,21,24). The molecule has 0 radical (unpaired) electrons. The summed E-state index contributed by atoms with van der Waals surface area (Å²) in [6.45, 7) is 1.42. The van der Waals surface area contributed by atoms with E-state index in [0.29, 0.717) is 25.3 Å². The Morgan fingerprint density at radius 1 is 1.07 bits per heavy atom. The van der Waals surface area contributed by atoms with Crippen molar-refractivity contribution >= 4 is 21.6 Å². The van der Waals surface area contributed by atoms with E-state index in [4.69, 9.17) is 0 Å². The topological polar surface area (TPSA) is 69.7 Å². The average molecular weight is 393 g/mol. The van der Waals surface area contributed by atoms with E-state index in [1.54, 1.807) is 29.2 Å². The molecule has 8 heteroatoms. The van der Waals surface area contributed by atoms with Gasteiger partial charge in [0.2, 0.25) is 0 Å². The van der Waals surface area contributed by atoms with Crippen molar-refractivity contribution in [2.75, 3.05) is 38.8 Å². The molecule has 0 aliphatic heterocycles. The average Bonchev–Trinajstić information content (AvgIpc) is 2.59. The second-order valence-corrected chi connectivity index (χ2v) is 8.60. The van der Waals surface area contributed by atoms with Crippen molar-refractivity contribution in [3.05, 3.63) is 59.9 Å². The second-order valence-electron chi connectivity index (χ2n) is 6.58. The van der Waals surface area contributed by atoms with Crippen LogP contribution in [0.25, 0.3) is 0 Å². The van der Waals surface area contributed by atoms with Gasteiger partial charge in [-0.15, -0.1) is 0 Å². The molecular formula is C19H24FN3O3S. The number of nitrogens with zero attached hydrogens (tertiary/aromatic N) is 2. The van der Waals surface area contributed by atoms with Crippen molar-refractivity contribution in [1.29, 1.82) is 0 Å². The largest absolute Gasteiger partial charge is 0.322 e. The highest BCUT2D eigenvalue weighted by Crippen LogP contribution is 2.16. The molecule has 0 saturated heterocycles. The first-order valence-corrected chi connectivity index (χ1v) is 10.3. The number of hydrogen-bond acceptors (Lipinski definition) is 4. The minimum absolute atomic E-state index is 0.138. The van der Waals surface area contributed by atoms with Gasteiger partial charge in [0.05, 0.1) is 4.90 Å². The molecule has 1 N–H and O–H groups in total. The van der Waals surface area contributed by atoms with Gasteiger partial charge < -0.3 is 15.1 Å². The number of amides is 2. The van der Waals surface area contributed by atoms with Crippen LogP contribution >= 0.6 is 0 Å². The van der Waals surface area contributed by atoms with E-state index < -0.39 is 9.84 Å². The molecule has 146 valence electrons. The third-order valence-corrected chi connectivity index (χ3v) is 5.01. The zero-order chi connectivity index (χ0) is 20.0. The molecule has 0 fully saturated rings. The summed E-state index contributed by atoms with van der Waals surface area (Å²) < 4.78 is 36.5. The Kier molecular flexibility index (Phi) is 6.92. The van der Waals surface area contributed by atoms with E-state index in [1.807, 2.05) is 19.0 Å². The van der Waals surface area contributed by atoms with E-state index >= 15 is 0 Å². The molecule has 2 amide bonds. The third kappa shape index (κ3) is 6.65. The Labute approximate surface area is 159 Å². The second kappa shape index (κ2) is 8.96. The summed E-state index contributed by atoms with van der Waals surface area (Å²) in [4.78, 5) is 16.4. The van der Waals surface area contributed by atoms with Gasteiger partial charge in [-0.2, -0.15) is 0 Å². The molecule has 0 aromatic heterocycles. The molecule has 0 atom stereocenters. The predicted octanol–water partition coefficient (Wildman–Crippen LogP) is 2.82. The number of rotatable bonds is 7. The van der Waals surface area contributed by atoms with Gasteiger partial charge in [0.15, 0.2) is 9.84 Å². The maximum Gasteiger partial charge on any atom is 0.322 e. The molecule has 0 aliphatic carbocycles. The Morgan fingerprint density at radius 3 is 2.33 bits per heavy atom. The lowest BCUT2D eigenvalue weighted by atomic mass is 10.2. The van der Waals surface area contributed by atoms with Crippen LogP contribution in [0, 0.1) is 5.82 Å². The van der Waals surface area contributed by atoms with Crippen LogP contribution in [-0.4, -0.2) is 57.7 Å². The van der Waals surface area contributed by atoms with Gasteiger partial charge in [0.1, 0.15) is 5.82 Å². The van der Waals surface area contributed by atoms with Crippen molar-refractivity contribution in [3.63, 3.8) is 0 Å². The van der Waals surface area contributed by atoms with Crippen LogP contribution in [0.5, 0.6) is 0 Å². The fourth-order valence-electron chi connectivity index (χ4n) is 2.39. The van der Waals surface area contributed by atoms with E-state index in [1.165, 1.54) is 24.3 Å². The fraction of sp³-hybridized carbons (Fsp3) is 0.316. The van der Waals surface area contributed by atoms with Crippen LogP contribution in [0.4, 0.5) is 14.9 Å². The summed E-state index contributed by atoms with van der Waals surface area (Å²) in [6, 6.07) is 11.7. The zero-order valence-electron chi connectivity index (χ0n) is 15.6. The predicted molar refractivity (Wildman–Crippen MR) is 104 cm³/mol. The van der Waals surface area contributed by atoms with E-state index in [2.05, 4.69) is 5.32 Å². The van der Waals surface area contributed by atoms with Crippen LogP contribution in [0.3, 0.4) is 0 Å². The lowest BCUT2D eigenvalue weighted by Crippen LogP contribution is -2.39. The molecule has 0 saturated carbocycles. The van der Waals surface area contributed by atoms with Crippen molar-refractivity contribution in [2.45, 2.75) is 11.4 Å². The number of anilines is 1.